The van der Waals surface area contributed by atoms with Crippen LogP contribution in [0.15, 0.2) is 0 Å². The number of rotatable bonds is 6. The van der Waals surface area contributed by atoms with E-state index in [0.717, 1.165) is 25.6 Å². The lowest BCUT2D eigenvalue weighted by atomic mass is 9.81. The number of amides is 1. The van der Waals surface area contributed by atoms with E-state index in [1.165, 1.54) is 32.1 Å². The zero-order valence-electron chi connectivity index (χ0n) is 12.3. The molecular formula is C15H28N2O2. The van der Waals surface area contributed by atoms with Crippen LogP contribution in [0, 0.1) is 11.8 Å². The number of hydrogen-bond donors (Lipinski definition) is 2. The van der Waals surface area contributed by atoms with E-state index in [2.05, 4.69) is 17.6 Å². The van der Waals surface area contributed by atoms with Gasteiger partial charge in [-0.2, -0.15) is 0 Å². The molecule has 0 spiro atoms. The molecule has 0 atom stereocenters. The van der Waals surface area contributed by atoms with Crippen molar-refractivity contribution in [2.75, 3.05) is 26.2 Å². The molecule has 2 fully saturated rings. The Hall–Kier alpha value is -0.610. The van der Waals surface area contributed by atoms with E-state index in [1.54, 1.807) is 0 Å². The van der Waals surface area contributed by atoms with E-state index in [9.17, 15) is 4.79 Å². The minimum Gasteiger partial charge on any atom is -0.363 e. The van der Waals surface area contributed by atoms with Crippen LogP contribution in [0.25, 0.3) is 0 Å². The van der Waals surface area contributed by atoms with Crippen LogP contribution in [0.2, 0.25) is 0 Å². The van der Waals surface area contributed by atoms with Crippen LogP contribution in [-0.4, -0.2) is 37.7 Å². The first-order chi connectivity index (χ1) is 9.11. The molecule has 19 heavy (non-hydrogen) atoms. The first-order valence-corrected chi connectivity index (χ1v) is 7.72. The number of carbonyl (C=O) groups is 1. The fourth-order valence-corrected chi connectivity index (χ4v) is 2.97. The zero-order chi connectivity index (χ0) is 13.7. The maximum absolute atomic E-state index is 11.7. The van der Waals surface area contributed by atoms with Crippen molar-refractivity contribution in [1.82, 2.24) is 10.6 Å². The predicted molar refractivity (Wildman–Crippen MR) is 76.0 cm³/mol. The van der Waals surface area contributed by atoms with Crippen molar-refractivity contribution in [1.29, 1.82) is 0 Å². The molecule has 1 aliphatic carbocycles. The Morgan fingerprint density at radius 3 is 2.42 bits per heavy atom. The lowest BCUT2D eigenvalue weighted by Gasteiger charge is -2.38. The summed E-state index contributed by atoms with van der Waals surface area (Å²) in [6.45, 7) is 7.04. The SMILES string of the molecule is CCC1CCC(CNC(=O)COC2(C)CNC2)CC1. The van der Waals surface area contributed by atoms with Gasteiger partial charge in [-0.3, -0.25) is 4.79 Å². The Morgan fingerprint density at radius 2 is 1.89 bits per heavy atom. The average molecular weight is 268 g/mol. The summed E-state index contributed by atoms with van der Waals surface area (Å²) in [6, 6.07) is 0. The van der Waals surface area contributed by atoms with Gasteiger partial charge in [0.2, 0.25) is 5.91 Å². The second-order valence-corrected chi connectivity index (χ2v) is 6.44. The summed E-state index contributed by atoms with van der Waals surface area (Å²) in [5.41, 5.74) is -0.128. The summed E-state index contributed by atoms with van der Waals surface area (Å²) >= 11 is 0. The summed E-state index contributed by atoms with van der Waals surface area (Å²) in [6.07, 6.45) is 6.50. The number of carbonyl (C=O) groups excluding carboxylic acids is 1. The highest BCUT2D eigenvalue weighted by Crippen LogP contribution is 2.30. The molecule has 0 radical (unpaired) electrons. The minimum absolute atomic E-state index is 0.0331. The van der Waals surface area contributed by atoms with Gasteiger partial charge in [-0.25, -0.2) is 0 Å². The Kier molecular flexibility index (Phi) is 5.22. The average Bonchev–Trinajstić information content (AvgIpc) is 2.41. The second kappa shape index (κ2) is 6.71. The van der Waals surface area contributed by atoms with Gasteiger partial charge in [-0.1, -0.05) is 26.2 Å². The van der Waals surface area contributed by atoms with Crippen LogP contribution >= 0.6 is 0 Å². The molecule has 0 unspecified atom stereocenters. The standard InChI is InChI=1S/C15H28N2O2/c1-3-12-4-6-13(7-5-12)8-17-14(18)9-19-15(2)10-16-11-15/h12-13,16H,3-11H2,1-2H3,(H,17,18). The quantitative estimate of drug-likeness (QED) is 0.771. The summed E-state index contributed by atoms with van der Waals surface area (Å²) in [5.74, 6) is 1.62. The highest BCUT2D eigenvalue weighted by Gasteiger charge is 2.33. The van der Waals surface area contributed by atoms with Crippen LogP contribution in [0.4, 0.5) is 0 Å². The number of hydrogen-bond acceptors (Lipinski definition) is 3. The molecule has 0 aromatic heterocycles. The van der Waals surface area contributed by atoms with E-state index in [1.807, 2.05) is 6.92 Å². The predicted octanol–water partition coefficient (Wildman–Crippen LogP) is 1.70. The maximum atomic E-state index is 11.7. The van der Waals surface area contributed by atoms with Crippen LogP contribution in [0.1, 0.15) is 46.0 Å². The summed E-state index contributed by atoms with van der Waals surface area (Å²) in [7, 11) is 0. The monoisotopic (exact) mass is 268 g/mol. The van der Waals surface area contributed by atoms with Crippen molar-refractivity contribution in [2.24, 2.45) is 11.8 Å². The molecule has 0 aromatic carbocycles. The van der Waals surface area contributed by atoms with E-state index in [0.29, 0.717) is 5.92 Å². The molecule has 1 heterocycles. The minimum atomic E-state index is -0.128. The van der Waals surface area contributed by atoms with Gasteiger partial charge in [-0.15, -0.1) is 0 Å². The van der Waals surface area contributed by atoms with Gasteiger partial charge in [0.1, 0.15) is 6.61 Å². The molecular weight excluding hydrogens is 240 g/mol. The molecule has 2 N–H and O–H groups in total. The molecule has 1 saturated heterocycles. The van der Waals surface area contributed by atoms with E-state index in [4.69, 9.17) is 4.74 Å². The fourth-order valence-electron chi connectivity index (χ4n) is 2.97. The van der Waals surface area contributed by atoms with Gasteiger partial charge < -0.3 is 15.4 Å². The van der Waals surface area contributed by atoms with Crippen molar-refractivity contribution >= 4 is 5.91 Å². The third kappa shape index (κ3) is 4.46. The van der Waals surface area contributed by atoms with Gasteiger partial charge in [0, 0.05) is 19.6 Å². The van der Waals surface area contributed by atoms with E-state index >= 15 is 0 Å². The van der Waals surface area contributed by atoms with Crippen molar-refractivity contribution in [3.63, 3.8) is 0 Å². The molecule has 1 saturated carbocycles. The van der Waals surface area contributed by atoms with Crippen LogP contribution in [0.3, 0.4) is 0 Å². The van der Waals surface area contributed by atoms with Gasteiger partial charge in [0.25, 0.3) is 0 Å². The van der Waals surface area contributed by atoms with Crippen molar-refractivity contribution < 1.29 is 9.53 Å². The van der Waals surface area contributed by atoms with Crippen molar-refractivity contribution in [3.8, 4) is 0 Å². The normalized spacial score (nSPS) is 29.6. The smallest absolute Gasteiger partial charge is 0.246 e. The highest BCUT2D eigenvalue weighted by atomic mass is 16.5. The Bertz CT molecular complexity index is 295. The fraction of sp³-hybridized carbons (Fsp3) is 0.933. The summed E-state index contributed by atoms with van der Waals surface area (Å²) < 4.78 is 5.63. The summed E-state index contributed by atoms with van der Waals surface area (Å²) in [4.78, 5) is 11.7. The molecule has 0 bridgehead atoms. The van der Waals surface area contributed by atoms with Gasteiger partial charge in [0.15, 0.2) is 0 Å². The first kappa shape index (κ1) is 14.8. The number of nitrogens with one attached hydrogen (secondary N) is 2. The van der Waals surface area contributed by atoms with Gasteiger partial charge >= 0.3 is 0 Å². The second-order valence-electron chi connectivity index (χ2n) is 6.44. The Balaban J connectivity index is 1.56. The number of ether oxygens (including phenoxy) is 1. The molecule has 1 amide bonds. The maximum Gasteiger partial charge on any atom is 0.246 e. The van der Waals surface area contributed by atoms with E-state index < -0.39 is 0 Å². The Morgan fingerprint density at radius 1 is 1.26 bits per heavy atom. The topological polar surface area (TPSA) is 50.4 Å². The van der Waals surface area contributed by atoms with E-state index in [-0.39, 0.29) is 18.1 Å². The molecule has 0 aromatic rings. The van der Waals surface area contributed by atoms with Crippen LogP contribution in [-0.2, 0) is 9.53 Å². The Labute approximate surface area is 116 Å². The molecule has 1 aliphatic heterocycles. The third-order valence-electron chi connectivity index (χ3n) is 4.68. The van der Waals surface area contributed by atoms with Crippen molar-refractivity contribution in [3.05, 3.63) is 0 Å². The highest BCUT2D eigenvalue weighted by molar-refractivity contribution is 5.77. The van der Waals surface area contributed by atoms with Crippen LogP contribution in [0.5, 0.6) is 0 Å². The first-order valence-electron chi connectivity index (χ1n) is 7.72. The largest absolute Gasteiger partial charge is 0.363 e. The molecule has 4 nitrogen and oxygen atoms in total. The van der Waals surface area contributed by atoms with Crippen molar-refractivity contribution in [2.45, 2.75) is 51.6 Å². The molecule has 2 rings (SSSR count). The summed E-state index contributed by atoms with van der Waals surface area (Å²) in [5, 5.41) is 6.18. The van der Waals surface area contributed by atoms with Crippen LogP contribution < -0.4 is 10.6 Å². The molecule has 110 valence electrons. The molecule has 4 heteroatoms. The van der Waals surface area contributed by atoms with Gasteiger partial charge in [0.05, 0.1) is 5.60 Å². The third-order valence-corrected chi connectivity index (χ3v) is 4.68. The lowest BCUT2D eigenvalue weighted by Crippen LogP contribution is -2.59. The lowest BCUT2D eigenvalue weighted by molar-refractivity contribution is -0.136. The molecule has 2 aliphatic rings. The van der Waals surface area contributed by atoms with Gasteiger partial charge in [-0.05, 0) is 31.6 Å². The zero-order valence-corrected chi connectivity index (χ0v) is 12.3.